The van der Waals surface area contributed by atoms with E-state index in [1.54, 1.807) is 0 Å². The van der Waals surface area contributed by atoms with Crippen molar-refractivity contribution in [2.75, 3.05) is 5.75 Å². The first-order valence-electron chi connectivity index (χ1n) is 5.96. The van der Waals surface area contributed by atoms with Gasteiger partial charge in [-0.1, -0.05) is 18.2 Å². The van der Waals surface area contributed by atoms with Crippen LogP contribution in [-0.4, -0.2) is 11.5 Å². The number of hydrogen-bond donors (Lipinski definition) is 0. The van der Waals surface area contributed by atoms with Gasteiger partial charge in [0.1, 0.15) is 5.82 Å². The standard InChI is InChI=1S/C15H10F4OS/c16-10-5-7-11(8-6-10)21-9-14(20)12-3-1-2-4-13(12)15(17,18)19/h1-8H,9H2. The third-order valence-electron chi connectivity index (χ3n) is 2.72. The first-order valence-corrected chi connectivity index (χ1v) is 6.94. The molecule has 2 aromatic carbocycles. The van der Waals surface area contributed by atoms with Crippen molar-refractivity contribution in [1.29, 1.82) is 0 Å². The Morgan fingerprint density at radius 1 is 1.00 bits per heavy atom. The Hall–Kier alpha value is -1.82. The van der Waals surface area contributed by atoms with E-state index in [-0.39, 0.29) is 11.3 Å². The molecule has 0 heterocycles. The summed E-state index contributed by atoms with van der Waals surface area (Å²) in [5.74, 6) is -1.16. The van der Waals surface area contributed by atoms with E-state index in [2.05, 4.69) is 0 Å². The van der Waals surface area contributed by atoms with Crippen LogP contribution in [0.1, 0.15) is 15.9 Å². The highest BCUT2D eigenvalue weighted by Gasteiger charge is 2.34. The van der Waals surface area contributed by atoms with E-state index in [0.717, 1.165) is 23.9 Å². The molecule has 0 saturated heterocycles. The number of halogens is 4. The van der Waals surface area contributed by atoms with E-state index in [0.29, 0.717) is 4.90 Å². The number of ketones is 1. The molecular weight excluding hydrogens is 304 g/mol. The molecule has 0 bridgehead atoms. The maximum absolute atomic E-state index is 12.8. The summed E-state index contributed by atoms with van der Waals surface area (Å²) in [6.45, 7) is 0. The van der Waals surface area contributed by atoms with Crippen molar-refractivity contribution in [1.82, 2.24) is 0 Å². The molecular formula is C15H10F4OS. The lowest BCUT2D eigenvalue weighted by Crippen LogP contribution is -2.14. The molecule has 1 nitrogen and oxygen atoms in total. The maximum atomic E-state index is 12.8. The quantitative estimate of drug-likeness (QED) is 0.457. The average Bonchev–Trinajstić information content (AvgIpc) is 2.45. The molecule has 0 spiro atoms. The summed E-state index contributed by atoms with van der Waals surface area (Å²) in [5, 5.41) is 0. The predicted molar refractivity (Wildman–Crippen MR) is 72.9 cm³/mol. The minimum absolute atomic E-state index is 0.140. The zero-order chi connectivity index (χ0) is 15.5. The summed E-state index contributed by atoms with van der Waals surface area (Å²) in [7, 11) is 0. The van der Waals surface area contributed by atoms with Gasteiger partial charge in [-0.15, -0.1) is 11.8 Å². The normalized spacial score (nSPS) is 11.4. The van der Waals surface area contributed by atoms with Gasteiger partial charge >= 0.3 is 6.18 Å². The Balaban J connectivity index is 2.12. The average molecular weight is 314 g/mol. The highest BCUT2D eigenvalue weighted by Crippen LogP contribution is 2.32. The lowest BCUT2D eigenvalue weighted by molar-refractivity contribution is -0.137. The van der Waals surface area contributed by atoms with Crippen LogP contribution in [0, 0.1) is 5.82 Å². The van der Waals surface area contributed by atoms with Crippen LogP contribution in [0.5, 0.6) is 0 Å². The van der Waals surface area contributed by atoms with Crippen LogP contribution in [0.3, 0.4) is 0 Å². The van der Waals surface area contributed by atoms with Crippen molar-refractivity contribution in [2.45, 2.75) is 11.1 Å². The van der Waals surface area contributed by atoms with E-state index in [1.165, 1.54) is 36.4 Å². The van der Waals surface area contributed by atoms with Crippen LogP contribution in [-0.2, 0) is 6.18 Å². The summed E-state index contributed by atoms with van der Waals surface area (Å²) in [6.07, 6.45) is -4.56. The van der Waals surface area contributed by atoms with Gasteiger partial charge in [-0.3, -0.25) is 4.79 Å². The molecule has 21 heavy (non-hydrogen) atoms. The summed E-state index contributed by atoms with van der Waals surface area (Å²) < 4.78 is 51.2. The number of benzene rings is 2. The Morgan fingerprint density at radius 3 is 2.24 bits per heavy atom. The largest absolute Gasteiger partial charge is 0.417 e. The Kier molecular flexibility index (Phi) is 4.67. The van der Waals surface area contributed by atoms with Crippen LogP contribution in [0.15, 0.2) is 53.4 Å². The summed E-state index contributed by atoms with van der Waals surface area (Å²) in [4.78, 5) is 12.6. The molecule has 0 N–H and O–H groups in total. The van der Waals surface area contributed by atoms with Crippen molar-refractivity contribution >= 4 is 17.5 Å². The summed E-state index contributed by atoms with van der Waals surface area (Å²) in [5.41, 5.74) is -1.28. The fourth-order valence-corrected chi connectivity index (χ4v) is 2.51. The smallest absolute Gasteiger partial charge is 0.293 e. The SMILES string of the molecule is O=C(CSc1ccc(F)cc1)c1ccccc1C(F)(F)F. The molecule has 0 aliphatic carbocycles. The number of hydrogen-bond acceptors (Lipinski definition) is 2. The number of carbonyl (C=O) groups is 1. The predicted octanol–water partition coefficient (Wildman–Crippen LogP) is 4.82. The van der Waals surface area contributed by atoms with E-state index in [1.807, 2.05) is 0 Å². The molecule has 0 fully saturated rings. The number of thioether (sulfide) groups is 1. The van der Waals surface area contributed by atoms with Crippen LogP contribution >= 0.6 is 11.8 Å². The molecule has 110 valence electrons. The van der Waals surface area contributed by atoms with Crippen molar-refractivity contribution in [3.8, 4) is 0 Å². The first kappa shape index (κ1) is 15.6. The van der Waals surface area contributed by atoms with Gasteiger partial charge in [-0.05, 0) is 30.3 Å². The minimum atomic E-state index is -4.56. The molecule has 2 rings (SSSR count). The molecule has 0 atom stereocenters. The molecule has 0 saturated carbocycles. The van der Waals surface area contributed by atoms with Gasteiger partial charge in [0, 0.05) is 10.5 Å². The van der Waals surface area contributed by atoms with E-state index in [4.69, 9.17) is 0 Å². The second kappa shape index (κ2) is 6.30. The van der Waals surface area contributed by atoms with Gasteiger partial charge in [-0.25, -0.2) is 4.39 Å². The summed E-state index contributed by atoms with van der Waals surface area (Å²) >= 11 is 1.07. The zero-order valence-electron chi connectivity index (χ0n) is 10.7. The molecule has 0 aromatic heterocycles. The van der Waals surface area contributed by atoms with E-state index >= 15 is 0 Å². The topological polar surface area (TPSA) is 17.1 Å². The molecule has 0 amide bonds. The molecule has 0 aliphatic heterocycles. The lowest BCUT2D eigenvalue weighted by atomic mass is 10.0. The maximum Gasteiger partial charge on any atom is 0.417 e. The second-order valence-electron chi connectivity index (χ2n) is 4.21. The lowest BCUT2D eigenvalue weighted by Gasteiger charge is -2.11. The summed E-state index contributed by atoms with van der Waals surface area (Å²) in [6, 6.07) is 10.1. The fourth-order valence-electron chi connectivity index (χ4n) is 1.73. The number of carbonyl (C=O) groups excluding carboxylic acids is 1. The van der Waals surface area contributed by atoms with Crippen LogP contribution in [0.25, 0.3) is 0 Å². The molecule has 0 radical (unpaired) electrons. The molecule has 2 aromatic rings. The number of alkyl halides is 3. The van der Waals surface area contributed by atoms with Crippen LogP contribution < -0.4 is 0 Å². The van der Waals surface area contributed by atoms with Gasteiger partial charge in [0.05, 0.1) is 11.3 Å². The third-order valence-corrected chi connectivity index (χ3v) is 3.73. The van der Waals surface area contributed by atoms with Crippen molar-refractivity contribution in [2.24, 2.45) is 0 Å². The highest BCUT2D eigenvalue weighted by atomic mass is 32.2. The first-order chi connectivity index (χ1) is 9.88. The van der Waals surface area contributed by atoms with E-state index in [9.17, 15) is 22.4 Å². The highest BCUT2D eigenvalue weighted by molar-refractivity contribution is 8.00. The van der Waals surface area contributed by atoms with Crippen molar-refractivity contribution in [3.63, 3.8) is 0 Å². The Morgan fingerprint density at radius 2 is 1.62 bits per heavy atom. The van der Waals surface area contributed by atoms with Gasteiger partial charge < -0.3 is 0 Å². The number of rotatable bonds is 4. The van der Waals surface area contributed by atoms with Gasteiger partial charge in [0.15, 0.2) is 5.78 Å². The van der Waals surface area contributed by atoms with Gasteiger partial charge in [0.25, 0.3) is 0 Å². The monoisotopic (exact) mass is 314 g/mol. The van der Waals surface area contributed by atoms with Gasteiger partial charge in [0.2, 0.25) is 0 Å². The van der Waals surface area contributed by atoms with E-state index < -0.39 is 23.3 Å². The second-order valence-corrected chi connectivity index (χ2v) is 5.26. The zero-order valence-corrected chi connectivity index (χ0v) is 11.5. The fraction of sp³-hybridized carbons (Fsp3) is 0.133. The van der Waals surface area contributed by atoms with Gasteiger partial charge in [-0.2, -0.15) is 13.2 Å². The van der Waals surface area contributed by atoms with Crippen LogP contribution in [0.4, 0.5) is 17.6 Å². The Labute approximate surface area is 123 Å². The Bertz CT molecular complexity index is 635. The van der Waals surface area contributed by atoms with Crippen molar-refractivity contribution in [3.05, 3.63) is 65.5 Å². The van der Waals surface area contributed by atoms with Crippen molar-refractivity contribution < 1.29 is 22.4 Å². The molecule has 6 heteroatoms. The molecule has 0 aliphatic rings. The number of Topliss-reactive ketones (excluding diaryl/α,β-unsaturated/α-hetero) is 1. The third kappa shape index (κ3) is 4.07. The minimum Gasteiger partial charge on any atom is -0.293 e. The van der Waals surface area contributed by atoms with Crippen LogP contribution in [0.2, 0.25) is 0 Å². The molecule has 0 unspecified atom stereocenters.